The number of hydrogen-bond acceptors (Lipinski definition) is 5. The lowest BCUT2D eigenvalue weighted by Crippen LogP contribution is -2.37. The van der Waals surface area contributed by atoms with Crippen LogP contribution in [0.5, 0.6) is 0 Å². The van der Waals surface area contributed by atoms with Gasteiger partial charge in [0.15, 0.2) is 21.3 Å². The van der Waals surface area contributed by atoms with Crippen molar-refractivity contribution in [3.05, 3.63) is 58.9 Å². The van der Waals surface area contributed by atoms with Gasteiger partial charge in [0.25, 0.3) is 0 Å². The van der Waals surface area contributed by atoms with Crippen LogP contribution < -0.4 is 0 Å². The number of rotatable bonds is 5. The zero-order chi connectivity index (χ0) is 18.9. The molecule has 1 unspecified atom stereocenters. The highest BCUT2D eigenvalue weighted by molar-refractivity contribution is 9.10. The Morgan fingerprint density at radius 1 is 1.15 bits per heavy atom. The maximum absolute atomic E-state index is 12.6. The molecule has 142 valence electrons. The van der Waals surface area contributed by atoms with Crippen molar-refractivity contribution in [1.82, 2.24) is 9.88 Å². The monoisotopic (exact) mass is 448 g/mol. The summed E-state index contributed by atoms with van der Waals surface area (Å²) in [5.41, 5.74) is 1.69. The van der Waals surface area contributed by atoms with E-state index in [1.54, 1.807) is 24.3 Å². The van der Waals surface area contributed by atoms with E-state index in [4.69, 9.17) is 4.42 Å². The zero-order valence-corrected chi connectivity index (χ0v) is 17.2. The minimum Gasteiger partial charge on any atom is -0.440 e. The van der Waals surface area contributed by atoms with Crippen molar-refractivity contribution >= 4 is 36.9 Å². The van der Waals surface area contributed by atoms with Crippen LogP contribution in [0, 0.1) is 0 Å². The van der Waals surface area contributed by atoms with Gasteiger partial charge >= 0.3 is 0 Å². The predicted molar refractivity (Wildman–Crippen MR) is 109 cm³/mol. The van der Waals surface area contributed by atoms with Gasteiger partial charge in [-0.25, -0.2) is 13.4 Å². The van der Waals surface area contributed by atoms with E-state index in [1.165, 1.54) is 0 Å². The molecule has 1 saturated heterocycles. The summed E-state index contributed by atoms with van der Waals surface area (Å²) in [7, 11) is -3.28. The minimum atomic E-state index is -3.28. The number of aromatic nitrogens is 1. The highest BCUT2D eigenvalue weighted by Crippen LogP contribution is 2.29. The van der Waals surface area contributed by atoms with Crippen LogP contribution >= 0.6 is 15.9 Å². The van der Waals surface area contributed by atoms with Crippen LogP contribution in [-0.2, 0) is 9.84 Å². The van der Waals surface area contributed by atoms with Crippen LogP contribution in [0.3, 0.4) is 0 Å². The third-order valence-electron chi connectivity index (χ3n) is 5.01. The largest absolute Gasteiger partial charge is 0.440 e. The Balaban J connectivity index is 1.41. The third kappa shape index (κ3) is 4.25. The van der Waals surface area contributed by atoms with Gasteiger partial charge in [0.05, 0.1) is 10.6 Å². The molecule has 0 aliphatic carbocycles. The Bertz CT molecular complexity index is 998. The smallest absolute Gasteiger partial charge is 0.199 e. The highest BCUT2D eigenvalue weighted by atomic mass is 79.9. The summed E-state index contributed by atoms with van der Waals surface area (Å²) in [4.78, 5) is 7.20. The fourth-order valence-corrected chi connectivity index (χ4v) is 5.08. The Kier molecular flexibility index (Phi) is 5.34. The lowest BCUT2D eigenvalue weighted by atomic mass is 9.98. The van der Waals surface area contributed by atoms with Crippen LogP contribution in [0.4, 0.5) is 0 Å². The van der Waals surface area contributed by atoms with Crippen molar-refractivity contribution in [2.24, 2.45) is 0 Å². The molecule has 0 saturated carbocycles. The zero-order valence-electron chi connectivity index (χ0n) is 14.8. The van der Waals surface area contributed by atoms with Gasteiger partial charge in [-0.2, -0.15) is 0 Å². The van der Waals surface area contributed by atoms with Crippen LogP contribution in [0.2, 0.25) is 0 Å². The van der Waals surface area contributed by atoms with Crippen molar-refractivity contribution in [1.29, 1.82) is 0 Å². The molecular formula is C20H21BrN2O3S. The summed E-state index contributed by atoms with van der Waals surface area (Å²) in [6.07, 6.45) is 2.03. The number of likely N-dealkylation sites (tertiary alicyclic amines) is 1. The normalized spacial score (nSPS) is 18.8. The first-order valence-electron chi connectivity index (χ1n) is 9.07. The number of piperidine rings is 1. The van der Waals surface area contributed by atoms with Gasteiger partial charge in [-0.1, -0.05) is 28.1 Å². The van der Waals surface area contributed by atoms with Crippen molar-refractivity contribution in [3.63, 3.8) is 0 Å². The Morgan fingerprint density at radius 2 is 1.93 bits per heavy atom. The molecule has 0 spiro atoms. The van der Waals surface area contributed by atoms with E-state index < -0.39 is 9.84 Å². The van der Waals surface area contributed by atoms with Crippen LogP contribution in [-0.4, -0.2) is 43.7 Å². The Morgan fingerprint density at radius 3 is 2.70 bits per heavy atom. The van der Waals surface area contributed by atoms with E-state index in [0.717, 1.165) is 47.4 Å². The van der Waals surface area contributed by atoms with Gasteiger partial charge in [-0.15, -0.1) is 0 Å². The molecule has 0 N–H and O–H groups in total. The van der Waals surface area contributed by atoms with Gasteiger partial charge in [0.1, 0.15) is 5.52 Å². The maximum Gasteiger partial charge on any atom is 0.199 e. The molecule has 1 aromatic heterocycles. The molecule has 3 aromatic rings. The van der Waals surface area contributed by atoms with E-state index in [0.29, 0.717) is 11.4 Å². The number of benzene rings is 2. The first-order chi connectivity index (χ1) is 13.0. The molecule has 1 aliphatic rings. The first kappa shape index (κ1) is 18.7. The van der Waals surface area contributed by atoms with Gasteiger partial charge in [-0.3, -0.25) is 0 Å². The second-order valence-electron chi connectivity index (χ2n) is 6.93. The molecule has 2 aromatic carbocycles. The molecule has 1 fully saturated rings. The summed E-state index contributed by atoms with van der Waals surface area (Å²) < 4.78 is 32.0. The van der Waals surface area contributed by atoms with E-state index in [2.05, 4.69) is 25.8 Å². The summed E-state index contributed by atoms with van der Waals surface area (Å²) in [5, 5.41) is 0. The SMILES string of the molecule is O=S(=O)(CCN1CCCC(c2nc3ccccc3o2)C1)c1ccc(Br)cc1. The molecule has 7 heteroatoms. The number of para-hydroxylation sites is 2. The average Bonchev–Trinajstić information content (AvgIpc) is 3.11. The Labute approximate surface area is 167 Å². The molecule has 0 radical (unpaired) electrons. The third-order valence-corrected chi connectivity index (χ3v) is 7.25. The van der Waals surface area contributed by atoms with Crippen LogP contribution in [0.25, 0.3) is 11.1 Å². The summed E-state index contributed by atoms with van der Waals surface area (Å²) in [6, 6.07) is 14.6. The van der Waals surface area contributed by atoms with E-state index in [9.17, 15) is 8.42 Å². The van der Waals surface area contributed by atoms with Crippen molar-refractivity contribution in [3.8, 4) is 0 Å². The molecule has 2 heterocycles. The molecule has 1 aliphatic heterocycles. The number of halogens is 1. The molecule has 1 atom stereocenters. The van der Waals surface area contributed by atoms with E-state index >= 15 is 0 Å². The molecule has 4 rings (SSSR count). The van der Waals surface area contributed by atoms with E-state index in [-0.39, 0.29) is 11.7 Å². The lowest BCUT2D eigenvalue weighted by Gasteiger charge is -2.31. The fourth-order valence-electron chi connectivity index (χ4n) is 3.53. The average molecular weight is 449 g/mol. The fraction of sp³-hybridized carbons (Fsp3) is 0.350. The predicted octanol–water partition coefficient (Wildman–Crippen LogP) is 4.24. The van der Waals surface area contributed by atoms with Gasteiger partial charge < -0.3 is 9.32 Å². The van der Waals surface area contributed by atoms with Crippen LogP contribution in [0.15, 0.2) is 62.3 Å². The van der Waals surface area contributed by atoms with Gasteiger partial charge in [0, 0.05) is 23.5 Å². The number of sulfone groups is 1. The summed E-state index contributed by atoms with van der Waals surface area (Å²) in [5.74, 6) is 1.09. The second-order valence-corrected chi connectivity index (χ2v) is 9.96. The first-order valence-corrected chi connectivity index (χ1v) is 11.5. The summed E-state index contributed by atoms with van der Waals surface area (Å²) >= 11 is 3.34. The van der Waals surface area contributed by atoms with E-state index in [1.807, 2.05) is 24.3 Å². The minimum absolute atomic E-state index is 0.120. The molecule has 5 nitrogen and oxygen atoms in total. The number of fused-ring (bicyclic) bond motifs is 1. The number of hydrogen-bond donors (Lipinski definition) is 0. The van der Waals surface area contributed by atoms with Gasteiger partial charge in [0.2, 0.25) is 0 Å². The molecular weight excluding hydrogens is 428 g/mol. The highest BCUT2D eigenvalue weighted by Gasteiger charge is 2.26. The topological polar surface area (TPSA) is 63.4 Å². The number of oxazole rings is 1. The summed E-state index contributed by atoms with van der Waals surface area (Å²) in [6.45, 7) is 2.21. The van der Waals surface area contributed by atoms with Crippen molar-refractivity contribution < 1.29 is 12.8 Å². The van der Waals surface area contributed by atoms with Gasteiger partial charge in [-0.05, 0) is 55.8 Å². The second kappa shape index (κ2) is 7.73. The quantitative estimate of drug-likeness (QED) is 0.583. The molecule has 0 bridgehead atoms. The molecule has 0 amide bonds. The number of nitrogens with zero attached hydrogens (tertiary/aromatic N) is 2. The Hall–Kier alpha value is -1.70. The van der Waals surface area contributed by atoms with Crippen molar-refractivity contribution in [2.45, 2.75) is 23.7 Å². The molecule has 27 heavy (non-hydrogen) atoms. The van der Waals surface area contributed by atoms with Crippen molar-refractivity contribution in [2.75, 3.05) is 25.4 Å². The maximum atomic E-state index is 12.6. The lowest BCUT2D eigenvalue weighted by molar-refractivity contribution is 0.204. The standard InChI is InChI=1S/C20H21BrN2O3S/c21-16-7-9-17(10-8-16)27(24,25)13-12-23-11-3-4-15(14-23)20-22-18-5-1-2-6-19(18)26-20/h1-2,5-10,15H,3-4,11-14H2. The van der Waals surface area contributed by atoms with Crippen LogP contribution in [0.1, 0.15) is 24.7 Å².